The molecule has 0 aromatic heterocycles. The summed E-state index contributed by atoms with van der Waals surface area (Å²) in [6.07, 6.45) is 5.33. The molecule has 0 aliphatic carbocycles. The second-order valence-electron chi connectivity index (χ2n) is 5.03. The number of hydroxylamine groups is 2. The number of hydrogen-bond acceptors (Lipinski definition) is 4. The van der Waals surface area contributed by atoms with Crippen molar-refractivity contribution >= 4 is 11.8 Å². The lowest BCUT2D eigenvalue weighted by atomic mass is 10.1. The van der Waals surface area contributed by atoms with Crippen molar-refractivity contribution in [2.45, 2.75) is 25.7 Å². The fourth-order valence-corrected chi connectivity index (χ4v) is 2.19. The van der Waals surface area contributed by atoms with E-state index in [0.717, 1.165) is 30.7 Å². The van der Waals surface area contributed by atoms with Crippen molar-refractivity contribution < 1.29 is 19.2 Å². The molecular formula is C17H21NO4. The van der Waals surface area contributed by atoms with Crippen molar-refractivity contribution in [1.82, 2.24) is 5.06 Å². The van der Waals surface area contributed by atoms with Crippen LogP contribution >= 0.6 is 0 Å². The second-order valence-corrected chi connectivity index (χ2v) is 5.03. The molecule has 1 heterocycles. The number of unbranched alkanes of at least 4 members (excludes halogenated alkanes) is 2. The van der Waals surface area contributed by atoms with Crippen LogP contribution in [-0.4, -0.2) is 36.7 Å². The van der Waals surface area contributed by atoms with Crippen molar-refractivity contribution in [2.24, 2.45) is 0 Å². The molecule has 118 valence electrons. The average Bonchev–Trinajstić information content (AvgIpc) is 2.78. The van der Waals surface area contributed by atoms with Gasteiger partial charge in [-0.15, -0.1) is 11.6 Å². The maximum Gasteiger partial charge on any atom is 0.285 e. The van der Waals surface area contributed by atoms with Gasteiger partial charge in [-0.3, -0.25) is 14.4 Å². The molecule has 5 nitrogen and oxygen atoms in total. The summed E-state index contributed by atoms with van der Waals surface area (Å²) in [7, 11) is 0. The largest absolute Gasteiger partial charge is 0.381 e. The molecule has 5 heteroatoms. The van der Waals surface area contributed by atoms with Gasteiger partial charge in [0.2, 0.25) is 0 Å². The molecule has 0 fully saturated rings. The molecule has 1 aliphatic heterocycles. The number of hydrogen-bond donors (Lipinski definition) is 0. The van der Waals surface area contributed by atoms with Crippen LogP contribution in [0.3, 0.4) is 0 Å². The third kappa shape index (κ3) is 4.02. The summed E-state index contributed by atoms with van der Waals surface area (Å²) in [6.45, 7) is 5.39. The Morgan fingerprint density at radius 1 is 0.955 bits per heavy atom. The standard InChI is InChI=1S/C17H21NO4/c1-2-3-11-21-12-7-4-8-13-22-18-16(19)14-9-5-6-10-15(14)17(18)20/h2,5-6,9-10H,1,3-4,7-8,11-13H2. The topological polar surface area (TPSA) is 55.8 Å². The van der Waals surface area contributed by atoms with E-state index in [4.69, 9.17) is 9.57 Å². The minimum absolute atomic E-state index is 0.345. The lowest BCUT2D eigenvalue weighted by Gasteiger charge is -2.13. The van der Waals surface area contributed by atoms with Crippen molar-refractivity contribution in [3.05, 3.63) is 48.0 Å². The molecule has 0 N–H and O–H groups in total. The lowest BCUT2D eigenvalue weighted by Crippen LogP contribution is -2.30. The number of imide groups is 1. The molecule has 0 unspecified atom stereocenters. The minimum atomic E-state index is -0.381. The van der Waals surface area contributed by atoms with Crippen LogP contribution < -0.4 is 0 Å². The summed E-state index contributed by atoms with van der Waals surface area (Å²) in [4.78, 5) is 29.4. The number of fused-ring (bicyclic) bond motifs is 1. The van der Waals surface area contributed by atoms with E-state index in [0.29, 0.717) is 30.9 Å². The van der Waals surface area contributed by atoms with Gasteiger partial charge in [0.25, 0.3) is 11.8 Å². The van der Waals surface area contributed by atoms with Crippen LogP contribution in [0.4, 0.5) is 0 Å². The summed E-state index contributed by atoms with van der Waals surface area (Å²) in [6, 6.07) is 6.75. The van der Waals surface area contributed by atoms with E-state index < -0.39 is 0 Å². The molecule has 0 atom stereocenters. The number of benzene rings is 1. The number of rotatable bonds is 10. The van der Waals surface area contributed by atoms with Gasteiger partial charge in [-0.2, -0.15) is 0 Å². The molecular weight excluding hydrogens is 282 g/mol. The maximum absolute atomic E-state index is 12.0. The Morgan fingerprint density at radius 3 is 2.23 bits per heavy atom. The van der Waals surface area contributed by atoms with Gasteiger partial charge in [0.05, 0.1) is 17.7 Å². The Morgan fingerprint density at radius 2 is 1.59 bits per heavy atom. The summed E-state index contributed by atoms with van der Waals surface area (Å²) < 4.78 is 5.40. The highest BCUT2D eigenvalue weighted by molar-refractivity contribution is 6.20. The Hall–Kier alpha value is -1.98. The predicted molar refractivity (Wildman–Crippen MR) is 82.4 cm³/mol. The number of amides is 2. The summed E-state index contributed by atoms with van der Waals surface area (Å²) in [5.74, 6) is -0.762. The Balaban J connectivity index is 1.63. The highest BCUT2D eigenvalue weighted by atomic mass is 16.7. The molecule has 1 aromatic carbocycles. The summed E-state index contributed by atoms with van der Waals surface area (Å²) >= 11 is 0. The minimum Gasteiger partial charge on any atom is -0.381 e. The van der Waals surface area contributed by atoms with Crippen LogP contribution in [0.5, 0.6) is 0 Å². The van der Waals surface area contributed by atoms with Gasteiger partial charge in [0, 0.05) is 13.2 Å². The van der Waals surface area contributed by atoms with Gasteiger partial charge >= 0.3 is 0 Å². The monoisotopic (exact) mass is 303 g/mol. The molecule has 0 radical (unpaired) electrons. The Labute approximate surface area is 130 Å². The van der Waals surface area contributed by atoms with Crippen LogP contribution in [-0.2, 0) is 9.57 Å². The van der Waals surface area contributed by atoms with Crippen LogP contribution in [0.2, 0.25) is 0 Å². The van der Waals surface area contributed by atoms with E-state index in [1.165, 1.54) is 0 Å². The van der Waals surface area contributed by atoms with Crippen molar-refractivity contribution in [1.29, 1.82) is 0 Å². The zero-order chi connectivity index (χ0) is 15.8. The van der Waals surface area contributed by atoms with E-state index in [9.17, 15) is 9.59 Å². The van der Waals surface area contributed by atoms with E-state index in [2.05, 4.69) is 6.58 Å². The SMILES string of the molecule is C=CCCOCCCCCON1C(=O)c2ccccc2C1=O. The molecule has 0 saturated heterocycles. The third-order valence-corrected chi connectivity index (χ3v) is 3.38. The summed E-state index contributed by atoms with van der Waals surface area (Å²) in [5.41, 5.74) is 0.811. The van der Waals surface area contributed by atoms with Gasteiger partial charge in [-0.1, -0.05) is 18.2 Å². The number of ether oxygens (including phenoxy) is 1. The van der Waals surface area contributed by atoms with Gasteiger partial charge < -0.3 is 4.74 Å². The lowest BCUT2D eigenvalue weighted by molar-refractivity contribution is -0.0924. The molecule has 2 rings (SSSR count). The molecule has 1 aromatic rings. The number of carbonyl (C=O) groups is 2. The second kappa shape index (κ2) is 8.46. The molecule has 0 bridgehead atoms. The van der Waals surface area contributed by atoms with Gasteiger partial charge in [-0.05, 0) is 37.8 Å². The van der Waals surface area contributed by atoms with E-state index in [-0.39, 0.29) is 11.8 Å². The summed E-state index contributed by atoms with van der Waals surface area (Å²) in [5, 5.41) is 0.866. The average molecular weight is 303 g/mol. The van der Waals surface area contributed by atoms with Crippen LogP contribution in [0.15, 0.2) is 36.9 Å². The Kier molecular flexibility index (Phi) is 6.30. The molecule has 1 aliphatic rings. The predicted octanol–water partition coefficient (Wildman–Crippen LogP) is 2.98. The van der Waals surface area contributed by atoms with E-state index >= 15 is 0 Å². The zero-order valence-electron chi connectivity index (χ0n) is 12.6. The highest BCUT2D eigenvalue weighted by Gasteiger charge is 2.36. The third-order valence-electron chi connectivity index (χ3n) is 3.38. The first-order chi connectivity index (χ1) is 10.8. The van der Waals surface area contributed by atoms with Gasteiger partial charge in [0.15, 0.2) is 0 Å². The van der Waals surface area contributed by atoms with Crippen LogP contribution in [0, 0.1) is 0 Å². The maximum atomic E-state index is 12.0. The van der Waals surface area contributed by atoms with Crippen LogP contribution in [0.25, 0.3) is 0 Å². The number of carbonyl (C=O) groups excluding carboxylic acids is 2. The fraction of sp³-hybridized carbons (Fsp3) is 0.412. The van der Waals surface area contributed by atoms with Crippen molar-refractivity contribution in [2.75, 3.05) is 19.8 Å². The first-order valence-corrected chi connectivity index (χ1v) is 7.55. The zero-order valence-corrected chi connectivity index (χ0v) is 12.6. The molecule has 0 spiro atoms. The fourth-order valence-electron chi connectivity index (χ4n) is 2.19. The first-order valence-electron chi connectivity index (χ1n) is 7.55. The van der Waals surface area contributed by atoms with E-state index in [1.807, 2.05) is 6.08 Å². The van der Waals surface area contributed by atoms with Crippen LogP contribution in [0.1, 0.15) is 46.4 Å². The first kappa shape index (κ1) is 16.4. The Bertz CT molecular complexity index is 506. The van der Waals surface area contributed by atoms with Gasteiger partial charge in [0.1, 0.15) is 0 Å². The molecule has 0 saturated carbocycles. The highest BCUT2D eigenvalue weighted by Crippen LogP contribution is 2.22. The smallest absolute Gasteiger partial charge is 0.285 e. The number of nitrogens with zero attached hydrogens (tertiary/aromatic N) is 1. The van der Waals surface area contributed by atoms with E-state index in [1.54, 1.807) is 24.3 Å². The van der Waals surface area contributed by atoms with Gasteiger partial charge in [-0.25, -0.2) is 0 Å². The molecule has 2 amide bonds. The quantitative estimate of drug-likeness (QED) is 0.379. The molecule has 22 heavy (non-hydrogen) atoms. The normalized spacial score (nSPS) is 13.5. The van der Waals surface area contributed by atoms with Crippen molar-refractivity contribution in [3.8, 4) is 0 Å². The van der Waals surface area contributed by atoms with Crippen molar-refractivity contribution in [3.63, 3.8) is 0 Å².